The summed E-state index contributed by atoms with van der Waals surface area (Å²) in [5.74, 6) is -0.282. The van der Waals surface area contributed by atoms with Crippen molar-refractivity contribution in [1.82, 2.24) is 0 Å². The number of benzene rings is 1. The molecule has 16 heavy (non-hydrogen) atoms. The summed E-state index contributed by atoms with van der Waals surface area (Å²) in [7, 11) is 1.37. The molecule has 0 heterocycles. The number of rotatable bonds is 4. The molecule has 0 saturated carbocycles. The van der Waals surface area contributed by atoms with Crippen LogP contribution in [-0.4, -0.2) is 24.5 Å². The Labute approximate surface area is 112 Å². The summed E-state index contributed by atoms with van der Waals surface area (Å²) < 4.78 is 5.60. The summed E-state index contributed by atoms with van der Waals surface area (Å²) in [6.45, 7) is 2.50. The van der Waals surface area contributed by atoms with Crippen LogP contribution in [0.1, 0.15) is 5.56 Å². The largest absolute Gasteiger partial charge is 0.468 e. The van der Waals surface area contributed by atoms with E-state index in [9.17, 15) is 4.79 Å². The van der Waals surface area contributed by atoms with E-state index in [1.807, 2.05) is 25.1 Å². The van der Waals surface area contributed by atoms with E-state index in [0.29, 0.717) is 6.54 Å². The lowest BCUT2D eigenvalue weighted by atomic mass is 10.2. The number of nitrogens with one attached hydrogen (secondary N) is 1. The number of carbonyl (C=O) groups excluding carboxylic acids is 1. The predicted molar refractivity (Wildman–Crippen MR) is 72.1 cm³/mol. The molecule has 5 heteroatoms. The van der Waals surface area contributed by atoms with Crippen LogP contribution < -0.4 is 5.32 Å². The summed E-state index contributed by atoms with van der Waals surface area (Å²) >= 11 is 6.70. The minimum atomic E-state index is -0.342. The van der Waals surface area contributed by atoms with Gasteiger partial charge in [0, 0.05) is 16.7 Å². The molecule has 0 spiro atoms. The van der Waals surface area contributed by atoms with Crippen molar-refractivity contribution in [2.45, 2.75) is 11.8 Å². The highest BCUT2D eigenvalue weighted by Gasteiger charge is 2.14. The molecular formula is C11H13Br2NO2. The van der Waals surface area contributed by atoms with Gasteiger partial charge in [0.15, 0.2) is 0 Å². The molecule has 88 valence electrons. The summed E-state index contributed by atoms with van der Waals surface area (Å²) in [4.78, 5) is 10.8. The number of esters is 1. The van der Waals surface area contributed by atoms with Gasteiger partial charge in [-0.3, -0.25) is 4.79 Å². The van der Waals surface area contributed by atoms with Gasteiger partial charge in [-0.2, -0.15) is 0 Å². The fourth-order valence-corrected chi connectivity index (χ4v) is 2.16. The molecule has 0 saturated heterocycles. The molecule has 1 unspecified atom stereocenters. The number of alkyl halides is 1. The van der Waals surface area contributed by atoms with Crippen molar-refractivity contribution in [1.29, 1.82) is 0 Å². The van der Waals surface area contributed by atoms with Crippen molar-refractivity contribution in [3.05, 3.63) is 28.2 Å². The number of ether oxygens (including phenoxy) is 1. The quantitative estimate of drug-likeness (QED) is 0.669. The number of hydrogen-bond donors (Lipinski definition) is 1. The molecular weight excluding hydrogens is 338 g/mol. The van der Waals surface area contributed by atoms with Crippen molar-refractivity contribution in [2.75, 3.05) is 19.0 Å². The van der Waals surface area contributed by atoms with E-state index in [-0.39, 0.29) is 10.8 Å². The number of methoxy groups -OCH3 is 1. The zero-order chi connectivity index (χ0) is 12.1. The molecule has 0 amide bonds. The molecule has 1 N–H and O–H groups in total. The number of anilines is 1. The molecule has 0 bridgehead atoms. The Balaban J connectivity index is 2.58. The van der Waals surface area contributed by atoms with Crippen LogP contribution in [0.2, 0.25) is 0 Å². The van der Waals surface area contributed by atoms with Gasteiger partial charge in [0.1, 0.15) is 4.83 Å². The number of hydrogen-bond acceptors (Lipinski definition) is 3. The third kappa shape index (κ3) is 3.79. The third-order valence-electron chi connectivity index (χ3n) is 2.05. The number of aryl methyl sites for hydroxylation is 1. The second-order valence-electron chi connectivity index (χ2n) is 3.35. The number of halogens is 2. The van der Waals surface area contributed by atoms with Crippen molar-refractivity contribution in [2.24, 2.45) is 0 Å². The molecule has 0 aromatic heterocycles. The van der Waals surface area contributed by atoms with E-state index in [1.54, 1.807) is 0 Å². The molecule has 0 radical (unpaired) electrons. The Bertz CT molecular complexity index is 382. The molecule has 0 aliphatic heterocycles. The first-order chi connectivity index (χ1) is 7.54. The lowest BCUT2D eigenvalue weighted by Crippen LogP contribution is -2.24. The van der Waals surface area contributed by atoms with Crippen LogP contribution in [0.3, 0.4) is 0 Å². The fourth-order valence-electron chi connectivity index (χ4n) is 1.17. The Kier molecular flexibility index (Phi) is 5.28. The van der Waals surface area contributed by atoms with Gasteiger partial charge in [0.2, 0.25) is 0 Å². The van der Waals surface area contributed by atoms with E-state index in [0.717, 1.165) is 10.2 Å². The normalized spacial score (nSPS) is 12.0. The average Bonchev–Trinajstić information content (AvgIpc) is 2.26. The summed E-state index contributed by atoms with van der Waals surface area (Å²) in [5.41, 5.74) is 2.14. The molecule has 1 aromatic rings. The third-order valence-corrected chi connectivity index (χ3v) is 3.41. The van der Waals surface area contributed by atoms with Gasteiger partial charge in [-0.15, -0.1) is 0 Å². The zero-order valence-electron chi connectivity index (χ0n) is 9.09. The smallest absolute Gasteiger partial charge is 0.321 e. The van der Waals surface area contributed by atoms with Crippen LogP contribution >= 0.6 is 31.9 Å². The van der Waals surface area contributed by atoms with E-state index in [4.69, 9.17) is 0 Å². The Morgan fingerprint density at radius 2 is 2.25 bits per heavy atom. The van der Waals surface area contributed by atoms with E-state index in [2.05, 4.69) is 41.9 Å². The molecule has 0 fully saturated rings. The summed E-state index contributed by atoms with van der Waals surface area (Å²) in [6, 6.07) is 5.99. The molecule has 1 rings (SSSR count). The van der Waals surface area contributed by atoms with Gasteiger partial charge in [-0.05, 0) is 40.5 Å². The Morgan fingerprint density at radius 3 is 2.81 bits per heavy atom. The van der Waals surface area contributed by atoms with E-state index >= 15 is 0 Å². The molecule has 1 atom stereocenters. The zero-order valence-corrected chi connectivity index (χ0v) is 12.3. The van der Waals surface area contributed by atoms with Crippen LogP contribution in [0, 0.1) is 6.92 Å². The second kappa shape index (κ2) is 6.25. The van der Waals surface area contributed by atoms with Gasteiger partial charge in [0.05, 0.1) is 7.11 Å². The van der Waals surface area contributed by atoms with E-state index < -0.39 is 0 Å². The van der Waals surface area contributed by atoms with Gasteiger partial charge in [0.25, 0.3) is 0 Å². The molecule has 0 aliphatic carbocycles. The highest BCUT2D eigenvalue weighted by Crippen LogP contribution is 2.23. The van der Waals surface area contributed by atoms with Crippen LogP contribution in [0.5, 0.6) is 0 Å². The minimum absolute atomic E-state index is 0.282. The van der Waals surface area contributed by atoms with Gasteiger partial charge in [-0.25, -0.2) is 0 Å². The fraction of sp³-hybridized carbons (Fsp3) is 0.364. The van der Waals surface area contributed by atoms with Gasteiger partial charge >= 0.3 is 5.97 Å². The molecule has 0 aliphatic rings. The lowest BCUT2D eigenvalue weighted by Gasteiger charge is -2.12. The highest BCUT2D eigenvalue weighted by atomic mass is 79.9. The highest BCUT2D eigenvalue weighted by molar-refractivity contribution is 9.10. The molecule has 3 nitrogen and oxygen atoms in total. The Morgan fingerprint density at radius 1 is 1.56 bits per heavy atom. The minimum Gasteiger partial charge on any atom is -0.468 e. The first-order valence-corrected chi connectivity index (χ1v) is 6.47. The van der Waals surface area contributed by atoms with Crippen LogP contribution in [0.4, 0.5) is 5.69 Å². The van der Waals surface area contributed by atoms with Crippen molar-refractivity contribution in [3.8, 4) is 0 Å². The van der Waals surface area contributed by atoms with Crippen LogP contribution in [0.15, 0.2) is 22.7 Å². The summed E-state index contributed by atoms with van der Waals surface area (Å²) in [5, 5.41) is 3.16. The molecule has 1 aromatic carbocycles. The summed E-state index contributed by atoms with van der Waals surface area (Å²) in [6.07, 6.45) is 0. The van der Waals surface area contributed by atoms with Crippen molar-refractivity contribution >= 4 is 43.5 Å². The Hall–Kier alpha value is -0.550. The maximum Gasteiger partial charge on any atom is 0.321 e. The SMILES string of the molecule is COC(=O)C(Br)CNc1ccc(C)cc1Br. The predicted octanol–water partition coefficient (Wildman–Crippen LogP) is 3.11. The lowest BCUT2D eigenvalue weighted by molar-refractivity contribution is -0.139. The topological polar surface area (TPSA) is 38.3 Å². The van der Waals surface area contributed by atoms with E-state index in [1.165, 1.54) is 12.7 Å². The maximum atomic E-state index is 11.2. The van der Waals surface area contributed by atoms with Crippen molar-refractivity contribution in [3.63, 3.8) is 0 Å². The van der Waals surface area contributed by atoms with Crippen molar-refractivity contribution < 1.29 is 9.53 Å². The van der Waals surface area contributed by atoms with Crippen LogP contribution in [0.25, 0.3) is 0 Å². The first kappa shape index (κ1) is 13.5. The monoisotopic (exact) mass is 349 g/mol. The first-order valence-electron chi connectivity index (χ1n) is 4.76. The maximum absolute atomic E-state index is 11.2. The average molecular weight is 351 g/mol. The van der Waals surface area contributed by atoms with Gasteiger partial charge in [-0.1, -0.05) is 22.0 Å². The standard InChI is InChI=1S/C11H13Br2NO2/c1-7-3-4-10(8(12)5-7)14-6-9(13)11(15)16-2/h3-5,9,14H,6H2,1-2H3. The number of carbonyl (C=O) groups is 1. The van der Waals surface area contributed by atoms with Gasteiger partial charge < -0.3 is 10.1 Å². The van der Waals surface area contributed by atoms with Crippen LogP contribution in [-0.2, 0) is 9.53 Å². The second-order valence-corrected chi connectivity index (χ2v) is 5.31.